The van der Waals surface area contributed by atoms with Crippen molar-refractivity contribution < 1.29 is 9.84 Å². The van der Waals surface area contributed by atoms with E-state index in [1.165, 1.54) is 0 Å². The monoisotopic (exact) mass is 329 g/mol. The first-order chi connectivity index (χ1) is 9.15. The molecule has 0 saturated heterocycles. The highest BCUT2D eigenvalue weighted by Crippen LogP contribution is 2.24. The number of rotatable bonds is 9. The van der Waals surface area contributed by atoms with Crippen LogP contribution in [0.5, 0.6) is 5.75 Å². The molecule has 1 aromatic carbocycles. The lowest BCUT2D eigenvalue weighted by Gasteiger charge is -2.29. The molecule has 1 rings (SSSR count). The number of aliphatic hydroxyl groups is 1. The fourth-order valence-corrected chi connectivity index (χ4v) is 2.17. The standard InChI is InChI=1S/C15H24BrNO2/c1-3-15(4-2,12-18)11-17-9-10-19-14-7-5-13(16)6-8-14/h5-8,17-18H,3-4,9-12H2,1-2H3. The maximum atomic E-state index is 9.46. The maximum absolute atomic E-state index is 9.46. The molecule has 2 N–H and O–H groups in total. The van der Waals surface area contributed by atoms with Gasteiger partial charge in [-0.05, 0) is 37.1 Å². The molecular weight excluding hydrogens is 306 g/mol. The van der Waals surface area contributed by atoms with Crippen molar-refractivity contribution in [1.82, 2.24) is 5.32 Å². The van der Waals surface area contributed by atoms with Gasteiger partial charge in [-0.25, -0.2) is 0 Å². The summed E-state index contributed by atoms with van der Waals surface area (Å²) in [7, 11) is 0. The molecule has 0 radical (unpaired) electrons. The fourth-order valence-electron chi connectivity index (χ4n) is 1.90. The Morgan fingerprint density at radius 3 is 2.37 bits per heavy atom. The average molecular weight is 330 g/mol. The quantitative estimate of drug-likeness (QED) is 0.683. The molecule has 3 nitrogen and oxygen atoms in total. The largest absolute Gasteiger partial charge is 0.492 e. The van der Waals surface area contributed by atoms with Crippen LogP contribution in [0.3, 0.4) is 0 Å². The predicted molar refractivity (Wildman–Crippen MR) is 82.6 cm³/mol. The van der Waals surface area contributed by atoms with Gasteiger partial charge in [0.15, 0.2) is 0 Å². The molecule has 0 amide bonds. The summed E-state index contributed by atoms with van der Waals surface area (Å²) >= 11 is 3.39. The second-order valence-electron chi connectivity index (χ2n) is 4.84. The summed E-state index contributed by atoms with van der Waals surface area (Å²) < 4.78 is 6.68. The molecule has 0 atom stereocenters. The van der Waals surface area contributed by atoms with Crippen LogP contribution in [0, 0.1) is 5.41 Å². The Hall–Kier alpha value is -0.580. The van der Waals surface area contributed by atoms with E-state index in [9.17, 15) is 5.11 Å². The highest BCUT2D eigenvalue weighted by Gasteiger charge is 2.24. The second kappa shape index (κ2) is 8.56. The van der Waals surface area contributed by atoms with Gasteiger partial charge in [0.2, 0.25) is 0 Å². The minimum absolute atomic E-state index is 0.0115. The number of hydrogen-bond acceptors (Lipinski definition) is 3. The summed E-state index contributed by atoms with van der Waals surface area (Å²) in [4.78, 5) is 0. The number of hydrogen-bond donors (Lipinski definition) is 2. The Labute approximate surface area is 124 Å². The van der Waals surface area contributed by atoms with E-state index in [4.69, 9.17) is 4.74 Å². The lowest BCUT2D eigenvalue weighted by molar-refractivity contribution is 0.112. The van der Waals surface area contributed by atoms with Crippen LogP contribution in [0.15, 0.2) is 28.7 Å². The number of aliphatic hydroxyl groups excluding tert-OH is 1. The van der Waals surface area contributed by atoms with E-state index >= 15 is 0 Å². The van der Waals surface area contributed by atoms with Gasteiger partial charge in [-0.15, -0.1) is 0 Å². The Morgan fingerprint density at radius 1 is 1.21 bits per heavy atom. The van der Waals surface area contributed by atoms with Gasteiger partial charge in [0.05, 0.1) is 0 Å². The molecule has 0 aromatic heterocycles. The number of nitrogens with one attached hydrogen (secondary N) is 1. The van der Waals surface area contributed by atoms with Crippen LogP contribution < -0.4 is 10.1 Å². The summed E-state index contributed by atoms with van der Waals surface area (Å²) in [6, 6.07) is 7.82. The summed E-state index contributed by atoms with van der Waals surface area (Å²) in [5.41, 5.74) is 0.0115. The van der Waals surface area contributed by atoms with Crippen LogP contribution in [0.1, 0.15) is 26.7 Å². The zero-order valence-corrected chi connectivity index (χ0v) is 13.4. The number of benzene rings is 1. The molecule has 108 valence electrons. The minimum atomic E-state index is 0.0115. The van der Waals surface area contributed by atoms with E-state index in [-0.39, 0.29) is 12.0 Å². The first-order valence-electron chi connectivity index (χ1n) is 6.85. The Bertz CT molecular complexity index is 341. The topological polar surface area (TPSA) is 41.5 Å². The molecule has 0 bridgehead atoms. The summed E-state index contributed by atoms with van der Waals surface area (Å²) in [5.74, 6) is 0.879. The van der Waals surface area contributed by atoms with E-state index in [1.807, 2.05) is 24.3 Å². The van der Waals surface area contributed by atoms with Gasteiger partial charge >= 0.3 is 0 Å². The van der Waals surface area contributed by atoms with Crippen LogP contribution in [0.2, 0.25) is 0 Å². The zero-order valence-electron chi connectivity index (χ0n) is 11.8. The van der Waals surface area contributed by atoms with Gasteiger partial charge in [-0.2, -0.15) is 0 Å². The second-order valence-corrected chi connectivity index (χ2v) is 5.76. The molecule has 0 aliphatic carbocycles. The first kappa shape index (κ1) is 16.5. The summed E-state index contributed by atoms with van der Waals surface area (Å²) in [5, 5.41) is 12.8. The van der Waals surface area contributed by atoms with Crippen LogP contribution in [0.25, 0.3) is 0 Å². The molecule has 19 heavy (non-hydrogen) atoms. The first-order valence-corrected chi connectivity index (χ1v) is 7.65. The van der Waals surface area contributed by atoms with Gasteiger partial charge in [0, 0.05) is 29.6 Å². The van der Waals surface area contributed by atoms with E-state index in [1.54, 1.807) is 0 Å². The fraction of sp³-hybridized carbons (Fsp3) is 0.600. The Kier molecular flexibility index (Phi) is 7.42. The molecule has 4 heteroatoms. The van der Waals surface area contributed by atoms with Crippen molar-refractivity contribution >= 4 is 15.9 Å². The maximum Gasteiger partial charge on any atom is 0.119 e. The molecule has 0 fully saturated rings. The minimum Gasteiger partial charge on any atom is -0.492 e. The van der Waals surface area contributed by atoms with Crippen molar-refractivity contribution in [2.24, 2.45) is 5.41 Å². The van der Waals surface area contributed by atoms with Crippen LogP contribution in [0.4, 0.5) is 0 Å². The van der Waals surface area contributed by atoms with Gasteiger partial charge in [0.1, 0.15) is 12.4 Å². The van der Waals surface area contributed by atoms with Crippen molar-refractivity contribution in [3.05, 3.63) is 28.7 Å². The lowest BCUT2D eigenvalue weighted by atomic mass is 9.83. The third-order valence-electron chi connectivity index (χ3n) is 3.70. The molecule has 0 heterocycles. The highest BCUT2D eigenvalue weighted by molar-refractivity contribution is 9.10. The van der Waals surface area contributed by atoms with Gasteiger partial charge < -0.3 is 15.2 Å². The van der Waals surface area contributed by atoms with Crippen molar-refractivity contribution in [2.75, 3.05) is 26.3 Å². The van der Waals surface area contributed by atoms with Crippen LogP contribution in [-0.4, -0.2) is 31.4 Å². The molecule has 0 unspecified atom stereocenters. The van der Waals surface area contributed by atoms with Crippen molar-refractivity contribution in [3.63, 3.8) is 0 Å². The zero-order chi connectivity index (χ0) is 14.1. The summed E-state index contributed by atoms with van der Waals surface area (Å²) in [6.07, 6.45) is 1.97. The van der Waals surface area contributed by atoms with Crippen LogP contribution in [-0.2, 0) is 0 Å². The van der Waals surface area contributed by atoms with Crippen molar-refractivity contribution in [1.29, 1.82) is 0 Å². The predicted octanol–water partition coefficient (Wildman–Crippen LogP) is 3.22. The average Bonchev–Trinajstić information content (AvgIpc) is 2.45. The third kappa shape index (κ3) is 5.51. The normalized spacial score (nSPS) is 11.6. The molecular formula is C15H24BrNO2. The lowest BCUT2D eigenvalue weighted by Crippen LogP contribution is -2.38. The number of ether oxygens (including phenoxy) is 1. The molecule has 0 spiro atoms. The molecule has 1 aromatic rings. The molecule has 0 aliphatic heterocycles. The Balaban J connectivity index is 2.22. The highest BCUT2D eigenvalue weighted by atomic mass is 79.9. The Morgan fingerprint density at radius 2 is 1.84 bits per heavy atom. The van der Waals surface area contributed by atoms with Gasteiger partial charge in [-0.1, -0.05) is 29.8 Å². The molecule has 0 saturated carbocycles. The summed E-state index contributed by atoms with van der Waals surface area (Å²) in [6.45, 7) is 6.74. The number of halogens is 1. The SMILES string of the molecule is CCC(CC)(CO)CNCCOc1ccc(Br)cc1. The van der Waals surface area contributed by atoms with E-state index in [2.05, 4.69) is 35.1 Å². The van der Waals surface area contributed by atoms with E-state index < -0.39 is 0 Å². The molecule has 0 aliphatic rings. The smallest absolute Gasteiger partial charge is 0.119 e. The van der Waals surface area contributed by atoms with Crippen molar-refractivity contribution in [3.8, 4) is 5.75 Å². The van der Waals surface area contributed by atoms with Crippen LogP contribution >= 0.6 is 15.9 Å². The van der Waals surface area contributed by atoms with E-state index in [0.717, 1.165) is 36.2 Å². The van der Waals surface area contributed by atoms with Gasteiger partial charge in [-0.3, -0.25) is 0 Å². The third-order valence-corrected chi connectivity index (χ3v) is 4.23. The van der Waals surface area contributed by atoms with E-state index in [0.29, 0.717) is 6.61 Å². The van der Waals surface area contributed by atoms with Gasteiger partial charge in [0.25, 0.3) is 0 Å². The van der Waals surface area contributed by atoms with Crippen molar-refractivity contribution in [2.45, 2.75) is 26.7 Å².